The van der Waals surface area contributed by atoms with Crippen LogP contribution in [-0.4, -0.2) is 159 Å². The molecule has 0 aromatic carbocycles. The quantitative estimate of drug-likeness (QED) is 0.0140. The van der Waals surface area contributed by atoms with Gasteiger partial charge in [0, 0.05) is 25.6 Å². The summed E-state index contributed by atoms with van der Waals surface area (Å²) in [5.74, 6) is 2.32. The number of anilines is 2. The maximum Gasteiger partial charge on any atom is 0.365 e. The van der Waals surface area contributed by atoms with Gasteiger partial charge in [-0.1, -0.05) is 74.7 Å². The van der Waals surface area contributed by atoms with Gasteiger partial charge in [-0.05, 0) is 36.5 Å². The lowest BCUT2D eigenvalue weighted by atomic mass is 10.1. The van der Waals surface area contributed by atoms with Crippen LogP contribution in [0.3, 0.4) is 0 Å². The molecule has 2 aliphatic heterocycles. The maximum absolute atomic E-state index is 13.2. The Morgan fingerprint density at radius 3 is 1.43 bits per heavy atom. The molecule has 0 bridgehead atoms. The number of rotatable bonds is 26. The van der Waals surface area contributed by atoms with Crippen molar-refractivity contribution in [2.45, 2.75) is 117 Å². The smallest absolute Gasteiger partial charge is 0.365 e. The van der Waals surface area contributed by atoms with Crippen LogP contribution in [0.15, 0.2) is 23.0 Å². The summed E-state index contributed by atoms with van der Waals surface area (Å²) < 4.78 is 60.6. The monoisotopic (exact) mass is 1130 g/mol. The van der Waals surface area contributed by atoms with Crippen molar-refractivity contribution in [3.8, 4) is 0 Å². The predicted octanol–water partition coefficient (Wildman–Crippen LogP) is 3.95. The largest absolute Gasteiger partial charge is 0.387 e. The third kappa shape index (κ3) is 13.3. The van der Waals surface area contributed by atoms with Crippen LogP contribution in [0.25, 0.3) is 22.3 Å². The molecule has 0 saturated carbocycles. The van der Waals surface area contributed by atoms with Crippen LogP contribution in [0.1, 0.15) is 64.8 Å². The molecule has 6 rings (SSSR count). The zero-order valence-electron chi connectivity index (χ0n) is 36.6. The highest BCUT2D eigenvalue weighted by Crippen LogP contribution is 2.76. The van der Waals surface area contributed by atoms with Crippen molar-refractivity contribution in [2.24, 2.45) is 0 Å². The van der Waals surface area contributed by atoms with E-state index in [1.54, 1.807) is 14.1 Å². The van der Waals surface area contributed by atoms with Crippen molar-refractivity contribution in [1.29, 1.82) is 0 Å². The number of hydrogen-bond donors (Lipinski definition) is 10. The fraction of sp³-hybridized carbons (Fsp3) is 0.697. The van der Waals surface area contributed by atoms with Crippen molar-refractivity contribution < 1.29 is 76.3 Å². The molecule has 6 heterocycles. The van der Waals surface area contributed by atoms with Gasteiger partial charge in [0.1, 0.15) is 36.6 Å². The highest BCUT2D eigenvalue weighted by molar-refractivity contribution is 8.09. The molecule has 4 aromatic heterocycles. The molecule has 2 saturated heterocycles. The first kappa shape index (κ1) is 56.2. The van der Waals surface area contributed by atoms with Crippen LogP contribution in [0, 0.1) is 0 Å². The van der Waals surface area contributed by atoms with Crippen LogP contribution in [-0.2, 0) is 59.9 Å². The Balaban J connectivity index is 1.04. The Bertz CT molecular complexity index is 2410. The van der Waals surface area contributed by atoms with Gasteiger partial charge >= 0.3 is 28.6 Å². The van der Waals surface area contributed by atoms with Crippen LogP contribution >= 0.6 is 63.8 Å². The van der Waals surface area contributed by atoms with E-state index in [-0.39, 0.29) is 11.3 Å². The minimum absolute atomic E-state index is 0.261. The Morgan fingerprint density at radius 2 is 1.07 bits per heavy atom. The molecule has 2 aliphatic rings. The number of ether oxygens (including phenoxy) is 2. The van der Waals surface area contributed by atoms with Gasteiger partial charge in [0.2, 0.25) is 4.86 Å². The number of aliphatic hydroxyl groups is 4. The molecular weight excluding hydrogens is 1080 g/mol. The van der Waals surface area contributed by atoms with E-state index in [9.17, 15) is 49.1 Å². The second-order valence-corrected chi connectivity index (χ2v) is 28.5. The summed E-state index contributed by atoms with van der Waals surface area (Å²) in [6.07, 6.45) is -3.46. The number of halogens is 1. The van der Waals surface area contributed by atoms with Crippen LogP contribution in [0.4, 0.5) is 11.6 Å². The fourth-order valence-corrected chi connectivity index (χ4v) is 17.5. The second-order valence-electron chi connectivity index (χ2n) is 15.2. The number of nitrogens with zero attached hydrogens (tertiary/aromatic N) is 8. The minimum atomic E-state index is -5.75. The van der Waals surface area contributed by atoms with Gasteiger partial charge < -0.3 is 69.2 Å². The van der Waals surface area contributed by atoms with Crippen molar-refractivity contribution in [2.75, 3.05) is 49.4 Å². The molecule has 68 heavy (non-hydrogen) atoms. The van der Waals surface area contributed by atoms with E-state index < -0.39 is 95.8 Å². The van der Waals surface area contributed by atoms with Crippen molar-refractivity contribution in [3.05, 3.63) is 12.7 Å². The number of nitrogens with one attached hydrogen (secondary N) is 2. The van der Waals surface area contributed by atoms with E-state index in [1.807, 2.05) is 0 Å². The Hall–Kier alpha value is -1.11. The van der Waals surface area contributed by atoms with Gasteiger partial charge in [0.05, 0.1) is 25.9 Å². The second kappa shape index (κ2) is 23.8. The Labute approximate surface area is 413 Å². The summed E-state index contributed by atoms with van der Waals surface area (Å²) in [5.41, 5.74) is 1.20. The van der Waals surface area contributed by atoms with Gasteiger partial charge in [-0.2, -0.15) is 0 Å². The highest BCUT2D eigenvalue weighted by Gasteiger charge is 2.53. The van der Waals surface area contributed by atoms with Crippen LogP contribution in [0.5, 0.6) is 0 Å². The number of thioether (sulfide) groups is 2. The van der Waals surface area contributed by atoms with Gasteiger partial charge in [-0.3, -0.25) is 18.3 Å². The molecule has 4 aromatic rings. The fourth-order valence-electron chi connectivity index (χ4n) is 6.81. The molecule has 0 radical (unpaired) electrons. The van der Waals surface area contributed by atoms with Crippen molar-refractivity contribution in [1.82, 2.24) is 39.0 Å². The number of fused-ring (bicyclic) bond motifs is 2. The number of imidazole rings is 2. The maximum atomic E-state index is 13.2. The molecule has 12 atom stereocenters. The molecule has 0 amide bonds. The molecule has 10 N–H and O–H groups in total. The van der Waals surface area contributed by atoms with E-state index >= 15 is 0 Å². The third-order valence-corrected chi connectivity index (χ3v) is 22.7. The average Bonchev–Trinajstić information content (AvgIpc) is 4.04. The first-order valence-corrected chi connectivity index (χ1v) is 31.7. The molecular formula is C33H53ClN10O16P4S4. The first-order chi connectivity index (χ1) is 32.1. The SMILES string of the molecule is CCCCCSc1nc(NC)c2ncn([C@@H]3O[C@H](COP(O)(=S)OP(=O)(O)C(Cl)P(=O)(O)OP(O)(=S)OC[C@H]4O[C@@H](n5cnc6c(NC)nc(SCCCCC)nc65)[C@H](O)[C@@H]4O)[C@@H](O)[C@H]3O)c2n1. The summed E-state index contributed by atoms with van der Waals surface area (Å²) in [5, 5.41) is 50.5. The molecule has 0 spiro atoms. The summed E-state index contributed by atoms with van der Waals surface area (Å²) in [6, 6.07) is 0. The lowest BCUT2D eigenvalue weighted by Gasteiger charge is -2.27. The summed E-state index contributed by atoms with van der Waals surface area (Å²) in [4.78, 5) is 66.6. The molecule has 2 fully saturated rings. The minimum Gasteiger partial charge on any atom is -0.387 e. The average molecular weight is 1130 g/mol. The number of aromatic nitrogens is 8. The third-order valence-electron chi connectivity index (χ3n) is 10.2. The summed E-state index contributed by atoms with van der Waals surface area (Å²) in [7, 11) is -8.19. The zero-order valence-corrected chi connectivity index (χ0v) is 44.2. The lowest BCUT2D eigenvalue weighted by Crippen LogP contribution is -2.33. The number of alkyl halides is 1. The van der Waals surface area contributed by atoms with Gasteiger partial charge in [0.25, 0.3) is 0 Å². The number of hydrogen-bond acceptors (Lipinski definition) is 24. The van der Waals surface area contributed by atoms with Crippen LogP contribution in [0.2, 0.25) is 0 Å². The zero-order chi connectivity index (χ0) is 49.8. The molecule has 4 unspecified atom stereocenters. The first-order valence-electron chi connectivity index (χ1n) is 20.9. The summed E-state index contributed by atoms with van der Waals surface area (Å²) >= 11 is 18.5. The van der Waals surface area contributed by atoms with Crippen molar-refractivity contribution in [3.63, 3.8) is 0 Å². The summed E-state index contributed by atoms with van der Waals surface area (Å²) in [6.45, 7) is -7.34. The van der Waals surface area contributed by atoms with E-state index in [0.29, 0.717) is 33.0 Å². The van der Waals surface area contributed by atoms with Crippen LogP contribution < -0.4 is 10.6 Å². The predicted molar refractivity (Wildman–Crippen MR) is 258 cm³/mol. The lowest BCUT2D eigenvalue weighted by molar-refractivity contribution is -0.0486. The number of unbranched alkanes of at least 4 members (excludes halogenated alkanes) is 4. The highest BCUT2D eigenvalue weighted by atomic mass is 35.5. The van der Waals surface area contributed by atoms with E-state index in [0.717, 1.165) is 50.0 Å². The standard InChI is InChI=1S/C33H53ClN10O16P4S4/c1-5-7-9-11-67-32-39-25(35-3)19-27(41-32)43(15-37-19)29-23(47)21(45)17(57-29)13-55-63(53,65)59-61(49,50)31(34)62(51,52)60-64(54,66)56-14-18-22(46)24(48)30(58-18)44-16-38-20-26(36-4)40-33(42-28(20)44)68-12-10-8-6-2/h15-18,21-24,29-31,45-48H,5-14H2,1-4H3,(H,49,50)(H,51,52)(H,53,65)(H,54,66)(H,35,39,41)(H,36,40,42)/t17-,18-,21-,22-,23-,24-,29-,30-,31?,63?,64?/m1/s1. The van der Waals surface area contributed by atoms with E-state index in [4.69, 9.17) is 53.7 Å². The normalized spacial score (nSPS) is 27.2. The van der Waals surface area contributed by atoms with Gasteiger partial charge in [0.15, 0.2) is 56.7 Å². The van der Waals surface area contributed by atoms with E-state index in [1.165, 1.54) is 45.3 Å². The van der Waals surface area contributed by atoms with Gasteiger partial charge in [-0.25, -0.2) is 38.5 Å². The van der Waals surface area contributed by atoms with Crippen molar-refractivity contribution >= 4 is 121 Å². The Morgan fingerprint density at radius 1 is 0.691 bits per heavy atom. The number of aliphatic hydroxyl groups excluding tert-OH is 4. The van der Waals surface area contributed by atoms with E-state index in [2.05, 4.69) is 63.0 Å². The topological polar surface area (TPSA) is 363 Å². The Kier molecular flexibility index (Phi) is 19.7. The molecule has 0 aliphatic carbocycles. The molecule has 26 nitrogen and oxygen atoms in total. The molecule has 35 heteroatoms. The van der Waals surface area contributed by atoms with Gasteiger partial charge in [-0.15, -0.1) is 0 Å². The molecule has 382 valence electrons.